The number of aromatic nitrogens is 2. The zero-order chi connectivity index (χ0) is 19.5. The number of aryl methyl sites for hydroxylation is 1. The number of carbonyl (C=O) groups is 2. The number of rotatable bonds is 6. The molecule has 2 rings (SSSR count). The van der Waals surface area contributed by atoms with Crippen molar-refractivity contribution in [3.05, 3.63) is 46.8 Å². The van der Waals surface area contributed by atoms with Crippen molar-refractivity contribution >= 4 is 11.9 Å². The highest BCUT2D eigenvalue weighted by Gasteiger charge is 2.15. The third-order valence-corrected chi connectivity index (χ3v) is 4.18. The minimum atomic E-state index is -0.817. The van der Waals surface area contributed by atoms with Crippen LogP contribution >= 0.6 is 0 Å². The average Bonchev–Trinajstić information content (AvgIpc) is 2.84. The minimum Gasteiger partial charge on any atom is -0.481 e. The van der Waals surface area contributed by atoms with Crippen molar-refractivity contribution in [2.45, 2.75) is 47.5 Å². The van der Waals surface area contributed by atoms with Crippen LogP contribution in [-0.4, -0.2) is 33.3 Å². The second-order valence-corrected chi connectivity index (χ2v) is 7.75. The summed E-state index contributed by atoms with van der Waals surface area (Å²) in [4.78, 5) is 23.0. The highest BCUT2D eigenvalue weighted by atomic mass is 16.4. The maximum Gasteiger partial charge on any atom is 0.303 e. The van der Waals surface area contributed by atoms with Gasteiger partial charge >= 0.3 is 5.97 Å². The average molecular weight is 357 g/mol. The molecule has 0 bridgehead atoms. The number of nitrogens with zero attached hydrogens (tertiary/aromatic N) is 2. The molecule has 1 amide bonds. The normalized spacial score (nSPS) is 11.4. The van der Waals surface area contributed by atoms with Gasteiger partial charge in [-0.05, 0) is 55.5 Å². The fourth-order valence-electron chi connectivity index (χ4n) is 2.72. The molecule has 6 nitrogen and oxygen atoms in total. The van der Waals surface area contributed by atoms with Crippen LogP contribution in [0.2, 0.25) is 0 Å². The molecule has 140 valence electrons. The quantitative estimate of drug-likeness (QED) is 0.831. The van der Waals surface area contributed by atoms with E-state index in [0.717, 1.165) is 22.6 Å². The number of carboxylic acid groups (broad SMARTS) is 1. The Balaban J connectivity index is 2.17. The van der Waals surface area contributed by atoms with E-state index in [4.69, 9.17) is 5.11 Å². The molecule has 0 unspecified atom stereocenters. The van der Waals surface area contributed by atoms with E-state index >= 15 is 0 Å². The first-order chi connectivity index (χ1) is 12.1. The third-order valence-electron chi connectivity index (χ3n) is 4.18. The summed E-state index contributed by atoms with van der Waals surface area (Å²) in [6.07, 6.45) is 0.542. The van der Waals surface area contributed by atoms with E-state index < -0.39 is 5.97 Å². The van der Waals surface area contributed by atoms with E-state index in [1.807, 2.05) is 26.0 Å². The first kappa shape index (κ1) is 19.7. The Kier molecular flexibility index (Phi) is 5.85. The molecule has 26 heavy (non-hydrogen) atoms. The zero-order valence-electron chi connectivity index (χ0n) is 16.1. The summed E-state index contributed by atoms with van der Waals surface area (Å²) in [6.45, 7) is 10.6. The predicted octanol–water partition coefficient (Wildman–Crippen LogP) is 3.28. The summed E-state index contributed by atoms with van der Waals surface area (Å²) < 4.78 is 1.79. The van der Waals surface area contributed by atoms with Gasteiger partial charge in [0.15, 0.2) is 0 Å². The van der Waals surface area contributed by atoms with Gasteiger partial charge in [-0.25, -0.2) is 4.68 Å². The molecule has 0 spiro atoms. The fourth-order valence-corrected chi connectivity index (χ4v) is 2.72. The lowest BCUT2D eigenvalue weighted by Crippen LogP contribution is -2.32. The Hall–Kier alpha value is -2.63. The van der Waals surface area contributed by atoms with Crippen LogP contribution in [-0.2, 0) is 11.2 Å². The lowest BCUT2D eigenvalue weighted by Gasteiger charge is -2.18. The summed E-state index contributed by atoms with van der Waals surface area (Å²) in [6, 6.07) is 7.26. The Morgan fingerprint density at radius 3 is 2.31 bits per heavy atom. The molecule has 0 radical (unpaired) electrons. The van der Waals surface area contributed by atoms with Crippen LogP contribution in [0.4, 0.5) is 0 Å². The second kappa shape index (κ2) is 7.72. The van der Waals surface area contributed by atoms with Crippen molar-refractivity contribution in [2.75, 3.05) is 6.54 Å². The molecule has 2 aromatic rings. The van der Waals surface area contributed by atoms with E-state index in [1.165, 1.54) is 0 Å². The molecule has 6 heteroatoms. The van der Waals surface area contributed by atoms with Gasteiger partial charge in [-0.3, -0.25) is 9.59 Å². The summed E-state index contributed by atoms with van der Waals surface area (Å²) in [5.41, 5.74) is 4.19. The fraction of sp³-hybridized carbons (Fsp3) is 0.450. The molecule has 0 aliphatic rings. The van der Waals surface area contributed by atoms with Gasteiger partial charge in [0.05, 0.1) is 11.4 Å². The highest BCUT2D eigenvalue weighted by molar-refractivity contribution is 5.94. The second-order valence-electron chi connectivity index (χ2n) is 7.75. The highest BCUT2D eigenvalue weighted by Crippen LogP contribution is 2.20. The van der Waals surface area contributed by atoms with Gasteiger partial charge in [0.2, 0.25) is 0 Å². The minimum absolute atomic E-state index is 0.0334. The van der Waals surface area contributed by atoms with Gasteiger partial charge in [-0.15, -0.1) is 0 Å². The van der Waals surface area contributed by atoms with Gasteiger partial charge in [-0.2, -0.15) is 5.10 Å². The number of carbonyl (C=O) groups excluding carboxylic acids is 1. The molecule has 0 saturated carbocycles. The first-order valence-corrected chi connectivity index (χ1v) is 8.74. The van der Waals surface area contributed by atoms with Gasteiger partial charge in [0.25, 0.3) is 5.91 Å². The van der Waals surface area contributed by atoms with E-state index in [9.17, 15) is 9.59 Å². The third kappa shape index (κ3) is 4.94. The van der Waals surface area contributed by atoms with Crippen molar-refractivity contribution in [2.24, 2.45) is 5.41 Å². The number of nitrogens with one attached hydrogen (secondary N) is 1. The number of hydrogen-bond acceptors (Lipinski definition) is 3. The molecule has 0 aliphatic carbocycles. The van der Waals surface area contributed by atoms with Crippen LogP contribution < -0.4 is 5.32 Å². The Bertz CT molecular complexity index is 799. The van der Waals surface area contributed by atoms with E-state index in [-0.39, 0.29) is 17.7 Å². The Morgan fingerprint density at radius 2 is 1.77 bits per heavy atom. The summed E-state index contributed by atoms with van der Waals surface area (Å²) in [5, 5.41) is 16.3. The lowest BCUT2D eigenvalue weighted by molar-refractivity contribution is -0.136. The SMILES string of the molecule is Cc1nn(-c2ccc(C(=O)NCC(C)(C)C)cc2)c(C)c1CCC(=O)O. The maximum absolute atomic E-state index is 12.2. The van der Waals surface area contributed by atoms with Crippen molar-refractivity contribution < 1.29 is 14.7 Å². The molecule has 2 N–H and O–H groups in total. The van der Waals surface area contributed by atoms with Crippen molar-refractivity contribution in [1.29, 1.82) is 0 Å². The molecule has 1 aromatic heterocycles. The van der Waals surface area contributed by atoms with Crippen LogP contribution in [0.25, 0.3) is 5.69 Å². The molecule has 0 saturated heterocycles. The van der Waals surface area contributed by atoms with E-state index in [2.05, 4.69) is 31.2 Å². The van der Waals surface area contributed by atoms with Crippen molar-refractivity contribution in [3.8, 4) is 5.69 Å². The van der Waals surface area contributed by atoms with E-state index in [0.29, 0.717) is 18.5 Å². The topological polar surface area (TPSA) is 84.2 Å². The van der Waals surface area contributed by atoms with Crippen molar-refractivity contribution in [1.82, 2.24) is 15.1 Å². The summed E-state index contributed by atoms with van der Waals surface area (Å²) in [7, 11) is 0. The lowest BCUT2D eigenvalue weighted by atomic mass is 9.97. The van der Waals surface area contributed by atoms with Crippen LogP contribution in [0.1, 0.15) is 54.5 Å². The summed E-state index contributed by atoms with van der Waals surface area (Å²) in [5.74, 6) is -0.913. The van der Waals surface area contributed by atoms with Crippen LogP contribution in [0.5, 0.6) is 0 Å². The predicted molar refractivity (Wildman–Crippen MR) is 101 cm³/mol. The molecule has 0 fully saturated rings. The largest absolute Gasteiger partial charge is 0.481 e. The Labute approximate surface area is 154 Å². The molecule has 0 atom stereocenters. The smallest absolute Gasteiger partial charge is 0.303 e. The maximum atomic E-state index is 12.2. The van der Waals surface area contributed by atoms with Crippen molar-refractivity contribution in [3.63, 3.8) is 0 Å². The molecule has 0 aliphatic heterocycles. The van der Waals surface area contributed by atoms with Gasteiger partial charge in [-0.1, -0.05) is 20.8 Å². The zero-order valence-corrected chi connectivity index (χ0v) is 16.1. The molecule has 1 heterocycles. The number of carboxylic acids is 1. The number of aliphatic carboxylic acids is 1. The monoisotopic (exact) mass is 357 g/mol. The standard InChI is InChI=1S/C20H27N3O3/c1-13-17(10-11-18(24)25)14(2)23(22-13)16-8-6-15(7-9-16)19(26)21-12-20(3,4)5/h6-9H,10-12H2,1-5H3,(H,21,26)(H,24,25). The van der Waals surface area contributed by atoms with E-state index in [1.54, 1.807) is 16.8 Å². The number of amides is 1. The van der Waals surface area contributed by atoms with Crippen LogP contribution in [0, 0.1) is 19.3 Å². The Morgan fingerprint density at radius 1 is 1.15 bits per heavy atom. The van der Waals surface area contributed by atoms with Gasteiger partial charge < -0.3 is 10.4 Å². The van der Waals surface area contributed by atoms with Crippen LogP contribution in [0.15, 0.2) is 24.3 Å². The number of benzene rings is 1. The first-order valence-electron chi connectivity index (χ1n) is 8.74. The molecular formula is C20H27N3O3. The number of hydrogen-bond donors (Lipinski definition) is 2. The molecular weight excluding hydrogens is 330 g/mol. The van der Waals surface area contributed by atoms with Crippen LogP contribution in [0.3, 0.4) is 0 Å². The van der Waals surface area contributed by atoms with Gasteiger partial charge in [0, 0.05) is 24.2 Å². The van der Waals surface area contributed by atoms with Gasteiger partial charge in [0.1, 0.15) is 0 Å². The summed E-state index contributed by atoms with van der Waals surface area (Å²) >= 11 is 0. The molecule has 1 aromatic carbocycles.